The van der Waals surface area contributed by atoms with E-state index in [2.05, 4.69) is 9.88 Å². The van der Waals surface area contributed by atoms with Crippen molar-refractivity contribution in [2.75, 3.05) is 40.0 Å². The van der Waals surface area contributed by atoms with Crippen LogP contribution in [0.4, 0.5) is 0 Å². The summed E-state index contributed by atoms with van der Waals surface area (Å²) in [6.07, 6.45) is 3.47. The number of sulfonamides is 1. The van der Waals surface area contributed by atoms with Gasteiger partial charge in [-0.1, -0.05) is 6.07 Å². The van der Waals surface area contributed by atoms with Crippen LogP contribution in [-0.2, 0) is 26.1 Å². The highest BCUT2D eigenvalue weighted by Gasteiger charge is 2.35. The van der Waals surface area contributed by atoms with Crippen molar-refractivity contribution in [2.24, 2.45) is 5.73 Å². The largest absolute Gasteiger partial charge is 0.497 e. The topological polar surface area (TPSA) is 115 Å². The highest BCUT2D eigenvalue weighted by Crippen LogP contribution is 2.24. The van der Waals surface area contributed by atoms with Gasteiger partial charge in [-0.3, -0.25) is 14.7 Å². The zero-order valence-corrected chi connectivity index (χ0v) is 20.8. The molecule has 1 aromatic carbocycles. The fourth-order valence-corrected chi connectivity index (χ4v) is 5.09. The molecule has 1 atom stereocenters. The Morgan fingerprint density at radius 2 is 1.88 bits per heavy atom. The number of halogens is 2. The van der Waals surface area contributed by atoms with Crippen LogP contribution in [0.1, 0.15) is 12.0 Å². The molecule has 33 heavy (non-hydrogen) atoms. The van der Waals surface area contributed by atoms with Crippen LogP contribution in [0.25, 0.3) is 0 Å². The highest BCUT2D eigenvalue weighted by molar-refractivity contribution is 7.89. The van der Waals surface area contributed by atoms with Crippen molar-refractivity contribution in [2.45, 2.75) is 23.9 Å². The molecule has 1 amide bonds. The zero-order valence-electron chi connectivity index (χ0n) is 18.3. The van der Waals surface area contributed by atoms with Gasteiger partial charge in [-0.2, -0.15) is 4.31 Å². The summed E-state index contributed by atoms with van der Waals surface area (Å²) in [5.74, 6) is -0.147. The van der Waals surface area contributed by atoms with E-state index in [0.29, 0.717) is 31.1 Å². The number of aromatic nitrogens is 1. The molecule has 0 bridgehead atoms. The maximum atomic E-state index is 13.6. The number of hydrogen-bond acceptors (Lipinski definition) is 7. The first-order valence-electron chi connectivity index (χ1n) is 10.1. The number of carbonyl (C=O) groups excluding carboxylic acids is 1. The predicted octanol–water partition coefficient (Wildman–Crippen LogP) is 1.70. The van der Waals surface area contributed by atoms with Gasteiger partial charge in [-0.25, -0.2) is 8.42 Å². The molecule has 2 heterocycles. The number of morpholine rings is 1. The van der Waals surface area contributed by atoms with Gasteiger partial charge >= 0.3 is 0 Å². The number of amides is 1. The molecule has 12 heteroatoms. The van der Waals surface area contributed by atoms with Gasteiger partial charge < -0.3 is 15.2 Å². The number of primary amides is 1. The second kappa shape index (κ2) is 13.7. The molecule has 0 aliphatic carbocycles. The van der Waals surface area contributed by atoms with Gasteiger partial charge in [0, 0.05) is 38.6 Å². The van der Waals surface area contributed by atoms with Crippen molar-refractivity contribution in [1.29, 1.82) is 0 Å². The molecule has 2 aromatic rings. The molecule has 9 nitrogen and oxygen atoms in total. The molecule has 0 radical (unpaired) electrons. The average molecular weight is 521 g/mol. The monoisotopic (exact) mass is 520 g/mol. The van der Waals surface area contributed by atoms with Gasteiger partial charge in [0.1, 0.15) is 11.8 Å². The molecule has 0 spiro atoms. The molecule has 1 aliphatic rings. The number of methoxy groups -OCH3 is 1. The number of hydrogen-bond donors (Lipinski definition) is 1. The Morgan fingerprint density at radius 1 is 1.21 bits per heavy atom. The lowest BCUT2D eigenvalue weighted by molar-refractivity contribution is -0.122. The molecule has 1 aliphatic heterocycles. The van der Waals surface area contributed by atoms with Crippen LogP contribution in [0.5, 0.6) is 5.75 Å². The van der Waals surface area contributed by atoms with Crippen LogP contribution in [0.2, 0.25) is 0 Å². The summed E-state index contributed by atoms with van der Waals surface area (Å²) in [5.41, 5.74) is 6.37. The number of nitrogens with zero attached hydrogens (tertiary/aromatic N) is 3. The molecule has 1 unspecified atom stereocenters. The number of pyridine rings is 1. The van der Waals surface area contributed by atoms with Gasteiger partial charge in [0.25, 0.3) is 0 Å². The summed E-state index contributed by atoms with van der Waals surface area (Å²) in [6.45, 7) is 3.23. The second-order valence-corrected chi connectivity index (χ2v) is 9.14. The van der Waals surface area contributed by atoms with E-state index in [-0.39, 0.29) is 42.7 Å². The van der Waals surface area contributed by atoms with E-state index in [1.54, 1.807) is 36.7 Å². The van der Waals surface area contributed by atoms with E-state index >= 15 is 0 Å². The molecule has 1 saturated heterocycles. The summed E-state index contributed by atoms with van der Waals surface area (Å²) in [4.78, 5) is 18.7. The number of nitrogens with two attached hydrogens (primary N) is 1. The lowest BCUT2D eigenvalue weighted by Gasteiger charge is -2.32. The van der Waals surface area contributed by atoms with Crippen LogP contribution < -0.4 is 10.5 Å². The quantitative estimate of drug-likeness (QED) is 0.506. The van der Waals surface area contributed by atoms with Crippen LogP contribution in [0.3, 0.4) is 0 Å². The number of ether oxygens (including phenoxy) is 2. The molecule has 2 N–H and O–H groups in total. The number of carbonyl (C=O) groups is 1. The molecule has 184 valence electrons. The van der Waals surface area contributed by atoms with E-state index in [0.717, 1.165) is 13.1 Å². The summed E-state index contributed by atoms with van der Waals surface area (Å²) >= 11 is 0. The summed E-state index contributed by atoms with van der Waals surface area (Å²) in [5, 5.41) is 0. The van der Waals surface area contributed by atoms with Crippen LogP contribution in [-0.4, -0.2) is 74.5 Å². The summed E-state index contributed by atoms with van der Waals surface area (Å²) < 4.78 is 38.8. The molecular weight excluding hydrogens is 491 g/mol. The van der Waals surface area contributed by atoms with Crippen LogP contribution >= 0.6 is 24.8 Å². The maximum absolute atomic E-state index is 13.6. The normalized spacial score (nSPS) is 15.2. The Hall–Kier alpha value is -1.95. The summed E-state index contributed by atoms with van der Waals surface area (Å²) in [7, 11) is -2.51. The van der Waals surface area contributed by atoms with Crippen molar-refractivity contribution >= 4 is 40.7 Å². The van der Waals surface area contributed by atoms with E-state index < -0.39 is 22.0 Å². The van der Waals surface area contributed by atoms with Gasteiger partial charge in [-0.15, -0.1) is 24.8 Å². The van der Waals surface area contributed by atoms with E-state index in [9.17, 15) is 13.2 Å². The van der Waals surface area contributed by atoms with Crippen molar-refractivity contribution < 1.29 is 22.7 Å². The minimum Gasteiger partial charge on any atom is -0.497 e. The van der Waals surface area contributed by atoms with Gasteiger partial charge in [0.05, 0.1) is 25.2 Å². The third-order valence-electron chi connectivity index (χ3n) is 5.23. The molecule has 3 rings (SSSR count). The van der Waals surface area contributed by atoms with E-state index in [1.807, 2.05) is 0 Å². The van der Waals surface area contributed by atoms with Crippen LogP contribution in [0, 0.1) is 0 Å². The van der Waals surface area contributed by atoms with Gasteiger partial charge in [0.15, 0.2) is 0 Å². The standard InChI is InChI=1S/C21H28N4O5S.2ClH/c1-29-18-4-6-19(7-5-18)31(27,28)25(16-17-3-2-9-23-15-17)20(21(22)26)8-10-24-11-13-30-14-12-24;;/h2-7,9,15,20H,8,10-14,16H2,1H3,(H2,22,26);2*1H. The molecular formula is C21H30Cl2N4O5S. The Labute approximate surface area is 207 Å². The Bertz CT molecular complexity index is 958. The number of benzene rings is 1. The molecule has 0 saturated carbocycles. The number of rotatable bonds is 10. The summed E-state index contributed by atoms with van der Waals surface area (Å²) in [6, 6.07) is 8.55. The first kappa shape index (κ1) is 29.1. The Kier molecular flexibility index (Phi) is 12.1. The lowest BCUT2D eigenvalue weighted by atomic mass is 10.1. The maximum Gasteiger partial charge on any atom is 0.244 e. The molecule has 1 fully saturated rings. The SMILES string of the molecule is COc1ccc(S(=O)(=O)N(Cc2cccnc2)C(CCN2CCOCC2)C(N)=O)cc1.Cl.Cl. The van der Waals surface area contributed by atoms with E-state index in [4.69, 9.17) is 15.2 Å². The van der Waals surface area contributed by atoms with Crippen LogP contribution in [0.15, 0.2) is 53.7 Å². The van der Waals surface area contributed by atoms with Gasteiger partial charge in [0.2, 0.25) is 15.9 Å². The van der Waals surface area contributed by atoms with Crippen molar-refractivity contribution in [1.82, 2.24) is 14.2 Å². The lowest BCUT2D eigenvalue weighted by Crippen LogP contribution is -2.49. The second-order valence-electron chi connectivity index (χ2n) is 7.25. The Balaban J connectivity index is 0.00000272. The Morgan fingerprint density at radius 3 is 2.42 bits per heavy atom. The fraction of sp³-hybridized carbons (Fsp3) is 0.429. The fourth-order valence-electron chi connectivity index (χ4n) is 3.48. The smallest absolute Gasteiger partial charge is 0.244 e. The van der Waals surface area contributed by atoms with Gasteiger partial charge in [-0.05, 0) is 42.3 Å². The first-order valence-corrected chi connectivity index (χ1v) is 11.5. The third kappa shape index (κ3) is 7.80. The molecule has 1 aromatic heterocycles. The predicted molar refractivity (Wildman–Crippen MR) is 129 cm³/mol. The minimum atomic E-state index is -4.02. The third-order valence-corrected chi connectivity index (χ3v) is 7.09. The van der Waals surface area contributed by atoms with Crippen molar-refractivity contribution in [3.05, 3.63) is 54.4 Å². The average Bonchev–Trinajstić information content (AvgIpc) is 2.79. The highest BCUT2D eigenvalue weighted by atomic mass is 35.5. The van der Waals surface area contributed by atoms with E-state index in [1.165, 1.54) is 23.5 Å². The first-order chi connectivity index (χ1) is 14.9. The minimum absolute atomic E-state index is 0. The van der Waals surface area contributed by atoms with Crippen molar-refractivity contribution in [3.63, 3.8) is 0 Å². The zero-order chi connectivity index (χ0) is 22.3. The van der Waals surface area contributed by atoms with Crippen molar-refractivity contribution in [3.8, 4) is 5.75 Å².